The van der Waals surface area contributed by atoms with Crippen molar-refractivity contribution in [2.24, 2.45) is 0 Å². The number of Topliss-reactive ketones (excluding diaryl/α,β-unsaturated/α-hetero) is 1. The molecule has 1 aliphatic rings. The summed E-state index contributed by atoms with van der Waals surface area (Å²) < 4.78 is 0.595. The largest absolute Gasteiger partial charge is 0.622 e. The number of halogens is 1. The lowest BCUT2D eigenvalue weighted by Crippen LogP contribution is -2.57. The quantitative estimate of drug-likeness (QED) is 0.674. The van der Waals surface area contributed by atoms with Crippen LogP contribution in [0.15, 0.2) is 18.2 Å². The van der Waals surface area contributed by atoms with Crippen LogP contribution in [0.5, 0.6) is 0 Å². The molecule has 0 amide bonds. The number of carbonyl (C=O) groups is 1. The smallest absolute Gasteiger partial charge is 0.307 e. The summed E-state index contributed by atoms with van der Waals surface area (Å²) in [5, 5.41) is 24.5. The summed E-state index contributed by atoms with van der Waals surface area (Å²) in [6.07, 6.45) is 0. The highest BCUT2D eigenvalue weighted by atomic mass is 35.5. The molecule has 1 heterocycles. The van der Waals surface area contributed by atoms with E-state index in [-0.39, 0.29) is 0 Å². The molecule has 1 aliphatic heterocycles. The zero-order chi connectivity index (χ0) is 16.2. The molecule has 0 saturated heterocycles. The number of aryl methyl sites for hydroxylation is 1. The third-order valence-corrected chi connectivity index (χ3v) is 4.64. The molecule has 0 fully saturated rings. The molecular weight excluding hydrogens is 292 g/mol. The summed E-state index contributed by atoms with van der Waals surface area (Å²) in [4.78, 5) is 11.9. The van der Waals surface area contributed by atoms with Crippen LogP contribution in [0.25, 0.3) is 0 Å². The number of ketones is 1. The van der Waals surface area contributed by atoms with Crippen LogP contribution in [0.2, 0.25) is 5.02 Å². The van der Waals surface area contributed by atoms with Crippen LogP contribution in [0, 0.1) is 12.1 Å². The summed E-state index contributed by atoms with van der Waals surface area (Å²) in [5.41, 5.74) is -0.829. The number of hydrogen-bond donors (Lipinski definition) is 1. The molecule has 0 saturated carbocycles. The van der Waals surface area contributed by atoms with E-state index in [2.05, 4.69) is 0 Å². The molecule has 21 heavy (non-hydrogen) atoms. The second-order valence-corrected chi connectivity index (χ2v) is 6.46. The zero-order valence-electron chi connectivity index (χ0n) is 12.8. The van der Waals surface area contributed by atoms with Crippen molar-refractivity contribution in [1.29, 1.82) is 0 Å². The first-order valence-electron chi connectivity index (χ1n) is 6.66. The van der Waals surface area contributed by atoms with E-state index in [0.29, 0.717) is 21.0 Å². The normalized spacial score (nSPS) is 25.5. The number of carbonyl (C=O) groups excluding carboxylic acids is 1. The minimum absolute atomic E-state index is 0.336. The van der Waals surface area contributed by atoms with Crippen molar-refractivity contribution in [3.8, 4) is 0 Å². The lowest BCUT2D eigenvalue weighted by Gasteiger charge is -2.30. The highest BCUT2D eigenvalue weighted by molar-refractivity contribution is 6.31. The number of rotatable bonds is 2. The van der Waals surface area contributed by atoms with Gasteiger partial charge in [0.1, 0.15) is 5.54 Å². The molecule has 1 N–H and O–H groups in total. The van der Waals surface area contributed by atoms with Gasteiger partial charge in [0, 0.05) is 24.4 Å². The van der Waals surface area contributed by atoms with E-state index in [4.69, 9.17) is 11.6 Å². The SMILES string of the molecule is CC(=O)[C@]1(C)N(O)C(C)(C)C(c2ccc(Cl)c(C)c2)=[N+]1[O-]. The minimum atomic E-state index is -1.63. The van der Waals surface area contributed by atoms with Crippen molar-refractivity contribution in [3.63, 3.8) is 0 Å². The number of hydrogen-bond acceptors (Lipinski definition) is 4. The van der Waals surface area contributed by atoms with E-state index in [0.717, 1.165) is 10.6 Å². The number of benzene rings is 1. The summed E-state index contributed by atoms with van der Waals surface area (Å²) >= 11 is 6.02. The molecular formula is C15H19ClN2O3. The molecule has 0 aliphatic carbocycles. The molecule has 2 rings (SSSR count). The third-order valence-electron chi connectivity index (χ3n) is 4.22. The van der Waals surface area contributed by atoms with Crippen molar-refractivity contribution < 1.29 is 14.7 Å². The standard InChI is InChI=1S/C15H19ClN2O3/c1-9-8-11(6-7-12(9)16)13-14(3,4)18(21)15(5,10(2)19)17(13)20/h6-8,21H,1-5H3/t15-/m0/s1. The van der Waals surface area contributed by atoms with Crippen LogP contribution in [0.3, 0.4) is 0 Å². The summed E-state index contributed by atoms with van der Waals surface area (Å²) in [6, 6.07) is 5.20. The van der Waals surface area contributed by atoms with Crippen LogP contribution >= 0.6 is 11.6 Å². The Morgan fingerprint density at radius 1 is 1.38 bits per heavy atom. The van der Waals surface area contributed by atoms with Gasteiger partial charge >= 0.3 is 5.66 Å². The minimum Gasteiger partial charge on any atom is -0.622 e. The van der Waals surface area contributed by atoms with E-state index >= 15 is 0 Å². The lowest BCUT2D eigenvalue weighted by atomic mass is 9.92. The van der Waals surface area contributed by atoms with E-state index in [9.17, 15) is 15.2 Å². The van der Waals surface area contributed by atoms with E-state index in [1.807, 2.05) is 6.92 Å². The fourth-order valence-corrected chi connectivity index (χ4v) is 2.87. The molecule has 0 radical (unpaired) electrons. The van der Waals surface area contributed by atoms with Crippen molar-refractivity contribution in [1.82, 2.24) is 5.06 Å². The second kappa shape index (κ2) is 4.80. The van der Waals surface area contributed by atoms with Gasteiger partial charge in [-0.3, -0.25) is 4.79 Å². The Morgan fingerprint density at radius 3 is 2.38 bits per heavy atom. The molecule has 6 heteroatoms. The van der Waals surface area contributed by atoms with E-state index in [1.54, 1.807) is 32.0 Å². The van der Waals surface area contributed by atoms with Crippen LogP contribution < -0.4 is 0 Å². The highest BCUT2D eigenvalue weighted by Crippen LogP contribution is 2.36. The first-order valence-corrected chi connectivity index (χ1v) is 7.04. The summed E-state index contributed by atoms with van der Waals surface area (Å²) in [7, 11) is 0. The summed E-state index contributed by atoms with van der Waals surface area (Å²) in [6.45, 7) is 7.95. The van der Waals surface area contributed by atoms with E-state index < -0.39 is 17.0 Å². The molecule has 5 nitrogen and oxygen atoms in total. The maximum atomic E-state index is 12.7. The van der Waals surface area contributed by atoms with Crippen molar-refractivity contribution in [3.05, 3.63) is 39.6 Å². The van der Waals surface area contributed by atoms with Crippen LogP contribution in [-0.4, -0.2) is 37.7 Å². The first kappa shape index (κ1) is 15.9. The van der Waals surface area contributed by atoms with Gasteiger partial charge < -0.3 is 10.4 Å². The Bertz CT molecular complexity index is 654. The molecule has 0 spiro atoms. The van der Waals surface area contributed by atoms with Gasteiger partial charge in [0.25, 0.3) is 0 Å². The second-order valence-electron chi connectivity index (χ2n) is 6.05. The molecule has 0 unspecified atom stereocenters. The Balaban J connectivity index is 2.72. The number of nitrogens with zero attached hydrogens (tertiary/aromatic N) is 2. The molecule has 1 aromatic carbocycles. The van der Waals surface area contributed by atoms with Gasteiger partial charge in [0.05, 0.1) is 0 Å². The van der Waals surface area contributed by atoms with Gasteiger partial charge in [-0.1, -0.05) is 11.6 Å². The predicted molar refractivity (Wildman–Crippen MR) is 80.7 cm³/mol. The zero-order valence-corrected chi connectivity index (χ0v) is 13.5. The maximum absolute atomic E-state index is 12.7. The Hall–Kier alpha value is -1.43. The molecule has 0 bridgehead atoms. The monoisotopic (exact) mass is 310 g/mol. The Morgan fingerprint density at radius 2 is 1.95 bits per heavy atom. The molecule has 114 valence electrons. The van der Waals surface area contributed by atoms with Crippen LogP contribution in [-0.2, 0) is 4.79 Å². The maximum Gasteiger partial charge on any atom is 0.307 e. The van der Waals surface area contributed by atoms with Gasteiger partial charge in [0.2, 0.25) is 11.5 Å². The lowest BCUT2D eigenvalue weighted by molar-refractivity contribution is -0.565. The topological polar surface area (TPSA) is 66.6 Å². The molecule has 0 aromatic heterocycles. The van der Waals surface area contributed by atoms with Gasteiger partial charge in [0.15, 0.2) is 0 Å². The highest BCUT2D eigenvalue weighted by Gasteiger charge is 2.62. The fourth-order valence-electron chi connectivity index (χ4n) is 2.75. The van der Waals surface area contributed by atoms with Gasteiger partial charge in [-0.25, -0.2) is 0 Å². The third kappa shape index (κ3) is 2.08. The average molecular weight is 311 g/mol. The molecule has 1 atom stereocenters. The van der Waals surface area contributed by atoms with Gasteiger partial charge in [-0.15, -0.1) is 5.06 Å². The first-order chi connectivity index (χ1) is 9.54. The Kier molecular flexibility index (Phi) is 3.64. The average Bonchev–Trinajstić information content (AvgIpc) is 2.53. The van der Waals surface area contributed by atoms with Crippen LogP contribution in [0.1, 0.15) is 38.8 Å². The number of hydroxylamine groups is 3. The van der Waals surface area contributed by atoms with Crippen molar-refractivity contribution in [2.75, 3.05) is 0 Å². The van der Waals surface area contributed by atoms with Crippen molar-refractivity contribution in [2.45, 2.75) is 45.8 Å². The predicted octanol–water partition coefficient (Wildman–Crippen LogP) is 2.74. The van der Waals surface area contributed by atoms with E-state index in [1.165, 1.54) is 13.8 Å². The van der Waals surface area contributed by atoms with Gasteiger partial charge in [-0.2, -0.15) is 4.74 Å². The Labute approximate surface area is 129 Å². The summed E-state index contributed by atoms with van der Waals surface area (Å²) in [5.74, 6) is -0.422. The van der Waals surface area contributed by atoms with Crippen LogP contribution in [0.4, 0.5) is 0 Å². The van der Waals surface area contributed by atoms with Crippen molar-refractivity contribution >= 4 is 23.1 Å². The molecule has 1 aromatic rings. The fraction of sp³-hybridized carbons (Fsp3) is 0.467. The van der Waals surface area contributed by atoms with Gasteiger partial charge in [-0.05, 0) is 44.5 Å².